The molecule has 0 aliphatic carbocycles. The molecular formula is C17H18O3. The zero-order valence-corrected chi connectivity index (χ0v) is 11.8. The molecule has 104 valence electrons. The molecular weight excluding hydrogens is 252 g/mol. The van der Waals surface area contributed by atoms with Crippen molar-refractivity contribution >= 4 is 0 Å². The maximum atomic E-state index is 6.13. The van der Waals surface area contributed by atoms with E-state index in [2.05, 4.69) is 6.07 Å². The van der Waals surface area contributed by atoms with Crippen LogP contribution in [-0.2, 0) is 16.9 Å². The average molecular weight is 270 g/mol. The highest BCUT2D eigenvalue weighted by Gasteiger charge is 2.41. The van der Waals surface area contributed by atoms with Crippen LogP contribution in [0.5, 0.6) is 11.5 Å². The van der Waals surface area contributed by atoms with Crippen LogP contribution in [-0.4, -0.2) is 13.7 Å². The van der Waals surface area contributed by atoms with Gasteiger partial charge in [0.05, 0.1) is 7.11 Å². The Balaban J connectivity index is 1.97. The first-order chi connectivity index (χ1) is 9.77. The Hall–Kier alpha value is -2.00. The molecule has 0 bridgehead atoms. The van der Waals surface area contributed by atoms with E-state index in [1.165, 1.54) is 5.56 Å². The summed E-state index contributed by atoms with van der Waals surface area (Å²) < 4.78 is 17.3. The Kier molecular flexibility index (Phi) is 3.36. The van der Waals surface area contributed by atoms with Gasteiger partial charge in [-0.3, -0.25) is 0 Å². The standard InChI is InChI=1S/C17H18O3/c1-3-19-17(14-8-10-15(18-2)11-9-14)12-13-6-4-5-7-16(13)20-17/h4-11H,3,12H2,1-2H3. The molecule has 0 fully saturated rings. The van der Waals surface area contributed by atoms with E-state index in [-0.39, 0.29) is 0 Å². The fraction of sp³-hybridized carbons (Fsp3) is 0.294. The van der Waals surface area contributed by atoms with E-state index < -0.39 is 5.79 Å². The molecule has 0 spiro atoms. The van der Waals surface area contributed by atoms with Crippen molar-refractivity contribution in [1.29, 1.82) is 0 Å². The van der Waals surface area contributed by atoms with Crippen molar-refractivity contribution in [2.75, 3.05) is 13.7 Å². The smallest absolute Gasteiger partial charge is 0.241 e. The molecule has 0 amide bonds. The number of fused-ring (bicyclic) bond motifs is 1. The second kappa shape index (κ2) is 5.17. The Morgan fingerprint density at radius 1 is 1.10 bits per heavy atom. The van der Waals surface area contributed by atoms with Gasteiger partial charge in [0.2, 0.25) is 5.79 Å². The monoisotopic (exact) mass is 270 g/mol. The third-order valence-electron chi connectivity index (χ3n) is 3.58. The molecule has 3 heteroatoms. The molecule has 1 aliphatic rings. The third-order valence-corrected chi connectivity index (χ3v) is 3.58. The molecule has 1 unspecified atom stereocenters. The minimum absolute atomic E-state index is 0.597. The molecule has 1 atom stereocenters. The number of hydrogen-bond acceptors (Lipinski definition) is 3. The van der Waals surface area contributed by atoms with E-state index in [1.54, 1.807) is 7.11 Å². The van der Waals surface area contributed by atoms with Crippen molar-refractivity contribution in [2.45, 2.75) is 19.1 Å². The maximum Gasteiger partial charge on any atom is 0.241 e. The first-order valence-corrected chi connectivity index (χ1v) is 6.83. The van der Waals surface area contributed by atoms with E-state index in [1.807, 2.05) is 49.4 Å². The molecule has 3 rings (SSSR count). The summed E-state index contributed by atoms with van der Waals surface area (Å²) in [7, 11) is 1.66. The Bertz CT molecular complexity index is 564. The lowest BCUT2D eigenvalue weighted by atomic mass is 9.99. The third kappa shape index (κ3) is 2.14. The number of rotatable bonds is 4. The van der Waals surface area contributed by atoms with Crippen LogP contribution >= 0.6 is 0 Å². The highest BCUT2D eigenvalue weighted by Crippen LogP contribution is 2.42. The molecule has 0 N–H and O–H groups in total. The lowest BCUT2D eigenvalue weighted by molar-refractivity contribution is -0.175. The Morgan fingerprint density at radius 2 is 1.85 bits per heavy atom. The summed E-state index contributed by atoms with van der Waals surface area (Å²) in [5, 5.41) is 0. The quantitative estimate of drug-likeness (QED) is 0.850. The predicted octanol–water partition coefficient (Wildman–Crippen LogP) is 3.52. The van der Waals surface area contributed by atoms with Gasteiger partial charge in [-0.15, -0.1) is 0 Å². The number of ether oxygens (including phenoxy) is 3. The molecule has 2 aromatic carbocycles. The van der Waals surface area contributed by atoms with Gasteiger partial charge in [0.15, 0.2) is 0 Å². The van der Waals surface area contributed by atoms with Crippen LogP contribution < -0.4 is 9.47 Å². The summed E-state index contributed by atoms with van der Waals surface area (Å²) in [5.74, 6) is 1.01. The average Bonchev–Trinajstić information content (AvgIpc) is 2.87. The summed E-state index contributed by atoms with van der Waals surface area (Å²) in [6.07, 6.45) is 0.726. The van der Waals surface area contributed by atoms with Gasteiger partial charge in [0, 0.05) is 24.2 Å². The zero-order valence-electron chi connectivity index (χ0n) is 11.8. The van der Waals surface area contributed by atoms with Crippen LogP contribution in [0.15, 0.2) is 48.5 Å². The summed E-state index contributed by atoms with van der Waals surface area (Å²) in [5.41, 5.74) is 2.19. The summed E-state index contributed by atoms with van der Waals surface area (Å²) in [4.78, 5) is 0. The summed E-state index contributed by atoms with van der Waals surface area (Å²) >= 11 is 0. The number of para-hydroxylation sites is 1. The van der Waals surface area contributed by atoms with Gasteiger partial charge in [0.1, 0.15) is 11.5 Å². The first kappa shape index (κ1) is 13.0. The van der Waals surface area contributed by atoms with Crippen molar-refractivity contribution in [3.63, 3.8) is 0 Å². The topological polar surface area (TPSA) is 27.7 Å². The zero-order chi connectivity index (χ0) is 14.0. The van der Waals surface area contributed by atoms with Gasteiger partial charge >= 0.3 is 0 Å². The van der Waals surface area contributed by atoms with Crippen LogP contribution in [0.1, 0.15) is 18.1 Å². The number of hydrogen-bond donors (Lipinski definition) is 0. The predicted molar refractivity (Wildman–Crippen MR) is 77.1 cm³/mol. The molecule has 20 heavy (non-hydrogen) atoms. The summed E-state index contributed by atoms with van der Waals surface area (Å²) in [6.45, 7) is 2.58. The molecule has 0 aromatic heterocycles. The van der Waals surface area contributed by atoms with E-state index in [9.17, 15) is 0 Å². The molecule has 1 aliphatic heterocycles. The Labute approximate surface area is 119 Å². The molecule has 0 saturated heterocycles. The summed E-state index contributed by atoms with van der Waals surface area (Å²) in [6, 6.07) is 15.9. The first-order valence-electron chi connectivity index (χ1n) is 6.83. The minimum Gasteiger partial charge on any atom is -0.497 e. The lowest BCUT2D eigenvalue weighted by Gasteiger charge is -2.29. The van der Waals surface area contributed by atoms with Gasteiger partial charge in [-0.1, -0.05) is 18.2 Å². The maximum absolute atomic E-state index is 6.13. The van der Waals surface area contributed by atoms with E-state index >= 15 is 0 Å². The van der Waals surface area contributed by atoms with Crippen molar-refractivity contribution < 1.29 is 14.2 Å². The largest absolute Gasteiger partial charge is 0.497 e. The second-order valence-corrected chi connectivity index (χ2v) is 4.80. The fourth-order valence-electron chi connectivity index (χ4n) is 2.62. The van der Waals surface area contributed by atoms with Crippen LogP contribution in [0, 0.1) is 0 Å². The Morgan fingerprint density at radius 3 is 2.50 bits per heavy atom. The van der Waals surface area contributed by atoms with Gasteiger partial charge < -0.3 is 14.2 Å². The molecule has 0 radical (unpaired) electrons. The van der Waals surface area contributed by atoms with E-state index in [4.69, 9.17) is 14.2 Å². The van der Waals surface area contributed by atoms with Crippen molar-refractivity contribution in [3.05, 3.63) is 59.7 Å². The molecule has 2 aromatic rings. The van der Waals surface area contributed by atoms with Gasteiger partial charge in [-0.2, -0.15) is 0 Å². The van der Waals surface area contributed by atoms with Crippen molar-refractivity contribution in [2.24, 2.45) is 0 Å². The van der Waals surface area contributed by atoms with Gasteiger partial charge in [-0.05, 0) is 37.3 Å². The highest BCUT2D eigenvalue weighted by molar-refractivity contribution is 5.42. The number of methoxy groups -OCH3 is 1. The fourth-order valence-corrected chi connectivity index (χ4v) is 2.62. The molecule has 1 heterocycles. The lowest BCUT2D eigenvalue weighted by Crippen LogP contribution is -2.34. The number of benzene rings is 2. The van der Waals surface area contributed by atoms with E-state index in [0.717, 1.165) is 23.5 Å². The molecule has 0 saturated carbocycles. The van der Waals surface area contributed by atoms with Crippen molar-refractivity contribution in [1.82, 2.24) is 0 Å². The second-order valence-electron chi connectivity index (χ2n) is 4.80. The van der Waals surface area contributed by atoms with Gasteiger partial charge in [0.25, 0.3) is 0 Å². The minimum atomic E-state index is -0.718. The molecule has 3 nitrogen and oxygen atoms in total. The van der Waals surface area contributed by atoms with Gasteiger partial charge in [-0.25, -0.2) is 0 Å². The SMILES string of the molecule is CCOC1(c2ccc(OC)cc2)Cc2ccccc2O1. The van der Waals surface area contributed by atoms with Crippen LogP contribution in [0.4, 0.5) is 0 Å². The van der Waals surface area contributed by atoms with Crippen LogP contribution in [0.25, 0.3) is 0 Å². The highest BCUT2D eigenvalue weighted by atomic mass is 16.7. The van der Waals surface area contributed by atoms with Crippen LogP contribution in [0.3, 0.4) is 0 Å². The van der Waals surface area contributed by atoms with E-state index in [0.29, 0.717) is 6.61 Å². The van der Waals surface area contributed by atoms with Crippen molar-refractivity contribution in [3.8, 4) is 11.5 Å². The van der Waals surface area contributed by atoms with Crippen LogP contribution in [0.2, 0.25) is 0 Å². The normalized spacial score (nSPS) is 20.3.